The van der Waals surface area contributed by atoms with Gasteiger partial charge in [-0.15, -0.1) is 11.3 Å². The summed E-state index contributed by atoms with van der Waals surface area (Å²) in [6.07, 6.45) is 0. The lowest BCUT2D eigenvalue weighted by molar-refractivity contribution is 0.100. The van der Waals surface area contributed by atoms with Crippen molar-refractivity contribution in [3.63, 3.8) is 0 Å². The fourth-order valence-electron chi connectivity index (χ4n) is 2.34. The van der Waals surface area contributed by atoms with Gasteiger partial charge in [0.25, 0.3) is 5.91 Å². The maximum atomic E-state index is 11.8. The van der Waals surface area contributed by atoms with Crippen LogP contribution in [0.15, 0.2) is 48.5 Å². The van der Waals surface area contributed by atoms with E-state index in [0.717, 1.165) is 16.1 Å². The first-order valence-electron chi connectivity index (χ1n) is 7.24. The fourth-order valence-corrected chi connectivity index (χ4v) is 3.40. The predicted molar refractivity (Wildman–Crippen MR) is 95.3 cm³/mol. The first-order valence-corrected chi connectivity index (χ1v) is 8.06. The Kier molecular flexibility index (Phi) is 4.12. The van der Waals surface area contributed by atoms with Crippen molar-refractivity contribution >= 4 is 28.1 Å². The monoisotopic (exact) mass is 323 g/mol. The maximum Gasteiger partial charge on any atom is 0.251 e. The summed E-state index contributed by atoms with van der Waals surface area (Å²) in [7, 11) is 0. The Bertz CT molecular complexity index is 870. The van der Waals surface area contributed by atoms with Gasteiger partial charge in [-0.2, -0.15) is 0 Å². The van der Waals surface area contributed by atoms with Crippen LogP contribution in [0, 0.1) is 13.8 Å². The van der Waals surface area contributed by atoms with Crippen LogP contribution in [0.5, 0.6) is 0 Å². The summed E-state index contributed by atoms with van der Waals surface area (Å²) in [4.78, 5) is 17.2. The number of carbonyl (C=O) groups excluding carboxylic acids is 1. The molecule has 0 unspecified atom stereocenters. The number of nitrogens with zero attached hydrogens (tertiary/aromatic N) is 1. The number of anilines is 2. The van der Waals surface area contributed by atoms with Crippen LogP contribution < -0.4 is 11.1 Å². The number of nitrogens with one attached hydrogen (secondary N) is 1. The average Bonchev–Trinajstić information content (AvgIpc) is 2.91. The lowest BCUT2D eigenvalue weighted by atomic mass is 10.1. The van der Waals surface area contributed by atoms with Crippen LogP contribution >= 0.6 is 11.3 Å². The molecule has 0 bridgehead atoms. The molecule has 0 saturated carbocycles. The number of amides is 1. The van der Waals surface area contributed by atoms with Gasteiger partial charge in [0, 0.05) is 10.6 Å². The third kappa shape index (κ3) is 3.40. The highest BCUT2D eigenvalue weighted by molar-refractivity contribution is 7.19. The summed E-state index contributed by atoms with van der Waals surface area (Å²) in [5, 5.41) is 3.92. The van der Waals surface area contributed by atoms with Gasteiger partial charge in [-0.1, -0.05) is 35.9 Å². The molecule has 4 nitrogen and oxygen atoms in total. The number of carbonyl (C=O) groups is 1. The minimum Gasteiger partial charge on any atom is -0.366 e. The molecule has 0 fully saturated rings. The molecule has 0 spiro atoms. The highest BCUT2D eigenvalue weighted by atomic mass is 32.1. The van der Waals surface area contributed by atoms with Crippen molar-refractivity contribution < 1.29 is 4.79 Å². The third-order valence-electron chi connectivity index (χ3n) is 3.43. The van der Waals surface area contributed by atoms with Crippen molar-refractivity contribution in [2.24, 2.45) is 5.73 Å². The van der Waals surface area contributed by atoms with Crippen LogP contribution in [0.25, 0.3) is 10.4 Å². The van der Waals surface area contributed by atoms with E-state index in [1.54, 1.807) is 0 Å². The number of benzene rings is 1. The quantitative estimate of drug-likeness (QED) is 0.753. The normalized spacial score (nSPS) is 10.5. The van der Waals surface area contributed by atoms with Crippen molar-refractivity contribution in [1.29, 1.82) is 0 Å². The van der Waals surface area contributed by atoms with Gasteiger partial charge in [0.15, 0.2) is 0 Å². The van der Waals surface area contributed by atoms with Gasteiger partial charge >= 0.3 is 0 Å². The second kappa shape index (κ2) is 6.22. The maximum absolute atomic E-state index is 11.8. The number of hydrogen-bond acceptors (Lipinski definition) is 4. The predicted octanol–water partition coefficient (Wildman–Crippen LogP) is 4.27. The van der Waals surface area contributed by atoms with Crippen LogP contribution in [-0.4, -0.2) is 10.9 Å². The molecule has 3 aromatic rings. The molecule has 0 aliphatic heterocycles. The molecule has 2 aromatic heterocycles. The molecule has 0 aliphatic carbocycles. The number of aryl methyl sites for hydroxylation is 2. The second-order valence-electron chi connectivity index (χ2n) is 5.38. The van der Waals surface area contributed by atoms with Gasteiger partial charge in [0.05, 0.1) is 5.56 Å². The zero-order valence-corrected chi connectivity index (χ0v) is 13.8. The SMILES string of the molecule is Cc1cccc(-c2cc(C(N)=O)c(Nc3cccc(C)n3)s2)c1. The van der Waals surface area contributed by atoms with E-state index >= 15 is 0 Å². The molecular weight excluding hydrogens is 306 g/mol. The lowest BCUT2D eigenvalue weighted by Gasteiger charge is -2.05. The molecule has 1 amide bonds. The van der Waals surface area contributed by atoms with E-state index in [-0.39, 0.29) is 0 Å². The highest BCUT2D eigenvalue weighted by Crippen LogP contribution is 2.36. The largest absolute Gasteiger partial charge is 0.366 e. The summed E-state index contributed by atoms with van der Waals surface area (Å²) in [6, 6.07) is 15.7. The molecule has 5 heteroatoms. The Hall–Kier alpha value is -2.66. The Morgan fingerprint density at radius 1 is 1.13 bits per heavy atom. The molecule has 2 heterocycles. The minimum absolute atomic E-state index is 0.449. The van der Waals surface area contributed by atoms with Crippen LogP contribution in [0.2, 0.25) is 0 Å². The van der Waals surface area contributed by atoms with E-state index in [2.05, 4.69) is 16.4 Å². The van der Waals surface area contributed by atoms with Gasteiger partial charge in [-0.05, 0) is 37.6 Å². The minimum atomic E-state index is -0.449. The van der Waals surface area contributed by atoms with Crippen molar-refractivity contribution in [1.82, 2.24) is 4.98 Å². The smallest absolute Gasteiger partial charge is 0.251 e. The molecule has 1 aromatic carbocycles. The van der Waals surface area contributed by atoms with Crippen LogP contribution in [0.4, 0.5) is 10.8 Å². The van der Waals surface area contributed by atoms with Gasteiger partial charge in [0.1, 0.15) is 10.8 Å². The van der Waals surface area contributed by atoms with Gasteiger partial charge in [0.2, 0.25) is 0 Å². The van der Waals surface area contributed by atoms with Crippen molar-refractivity contribution in [3.05, 3.63) is 65.4 Å². The molecule has 0 saturated heterocycles. The number of pyridine rings is 1. The first-order chi connectivity index (χ1) is 11.0. The molecule has 3 rings (SSSR count). The van der Waals surface area contributed by atoms with Gasteiger partial charge < -0.3 is 11.1 Å². The number of primary amides is 1. The summed E-state index contributed by atoms with van der Waals surface area (Å²) >= 11 is 1.50. The molecule has 3 N–H and O–H groups in total. The van der Waals surface area contributed by atoms with E-state index in [4.69, 9.17) is 5.73 Å². The molecule has 23 heavy (non-hydrogen) atoms. The van der Waals surface area contributed by atoms with E-state index in [9.17, 15) is 4.79 Å². The molecule has 0 atom stereocenters. The number of aromatic nitrogens is 1. The third-order valence-corrected chi connectivity index (χ3v) is 4.53. The Morgan fingerprint density at radius 2 is 1.91 bits per heavy atom. The number of nitrogens with two attached hydrogens (primary N) is 1. The fraction of sp³-hybridized carbons (Fsp3) is 0.111. The molecule has 0 radical (unpaired) electrons. The summed E-state index contributed by atoms with van der Waals surface area (Å²) in [5.74, 6) is 0.250. The van der Waals surface area contributed by atoms with Crippen LogP contribution in [-0.2, 0) is 0 Å². The van der Waals surface area contributed by atoms with Crippen LogP contribution in [0.1, 0.15) is 21.6 Å². The van der Waals surface area contributed by atoms with E-state index in [1.807, 2.05) is 56.3 Å². The Morgan fingerprint density at radius 3 is 2.61 bits per heavy atom. The molecule has 116 valence electrons. The standard InChI is InChI=1S/C18H17N3OS/c1-11-5-3-7-13(9-11)15-10-14(17(19)22)18(23-15)21-16-8-4-6-12(2)20-16/h3-10H,1-2H3,(H2,19,22)(H,20,21). The summed E-state index contributed by atoms with van der Waals surface area (Å²) in [5.41, 5.74) is 9.16. The van der Waals surface area contributed by atoms with Crippen LogP contribution in [0.3, 0.4) is 0 Å². The lowest BCUT2D eigenvalue weighted by Crippen LogP contribution is -2.11. The first kappa shape index (κ1) is 15.2. The zero-order chi connectivity index (χ0) is 16.4. The van der Waals surface area contributed by atoms with Gasteiger partial charge in [-0.3, -0.25) is 4.79 Å². The van der Waals surface area contributed by atoms with E-state index in [1.165, 1.54) is 16.9 Å². The Balaban J connectivity index is 2.01. The summed E-state index contributed by atoms with van der Waals surface area (Å²) < 4.78 is 0. The highest BCUT2D eigenvalue weighted by Gasteiger charge is 2.15. The van der Waals surface area contributed by atoms with Crippen molar-refractivity contribution in [2.45, 2.75) is 13.8 Å². The average molecular weight is 323 g/mol. The number of rotatable bonds is 4. The molecular formula is C18H17N3OS. The molecule has 0 aliphatic rings. The number of thiophene rings is 1. The van der Waals surface area contributed by atoms with E-state index < -0.39 is 5.91 Å². The van der Waals surface area contributed by atoms with Crippen molar-refractivity contribution in [3.8, 4) is 10.4 Å². The topological polar surface area (TPSA) is 68.0 Å². The second-order valence-corrected chi connectivity index (χ2v) is 6.43. The summed E-state index contributed by atoms with van der Waals surface area (Å²) in [6.45, 7) is 3.97. The Labute approximate surface area is 139 Å². The zero-order valence-electron chi connectivity index (χ0n) is 13.0. The van der Waals surface area contributed by atoms with Gasteiger partial charge in [-0.25, -0.2) is 4.98 Å². The van der Waals surface area contributed by atoms with E-state index in [0.29, 0.717) is 16.4 Å². The van der Waals surface area contributed by atoms with Crippen molar-refractivity contribution in [2.75, 3.05) is 5.32 Å². The number of hydrogen-bond donors (Lipinski definition) is 2.